The van der Waals surface area contributed by atoms with Gasteiger partial charge < -0.3 is 14.2 Å². The van der Waals surface area contributed by atoms with Crippen LogP contribution in [0.5, 0.6) is 0 Å². The number of hydrogen-bond donors (Lipinski definition) is 0. The number of hydrogen-bond acceptors (Lipinski definition) is 3. The Balaban J connectivity index is 1.16. The average molecular weight is 831 g/mol. The summed E-state index contributed by atoms with van der Waals surface area (Å²) in [7, 11) is 0. The molecule has 0 saturated carbocycles. The number of para-hydroxylation sites is 1. The zero-order valence-electron chi connectivity index (χ0n) is 35.6. The molecule has 12 rings (SSSR count). The lowest BCUT2D eigenvalue weighted by Gasteiger charge is -2.31. The van der Waals surface area contributed by atoms with Gasteiger partial charge in [0.2, 0.25) is 0 Å². The predicted molar refractivity (Wildman–Crippen MR) is 274 cm³/mol. The van der Waals surface area contributed by atoms with E-state index < -0.39 is 0 Å². The van der Waals surface area contributed by atoms with E-state index in [1.807, 2.05) is 0 Å². The molecule has 306 valence electrons. The van der Waals surface area contributed by atoms with Gasteiger partial charge in [-0.05, 0) is 110 Å². The van der Waals surface area contributed by atoms with Crippen LogP contribution in [0.1, 0.15) is 0 Å². The molecule has 0 atom stereocenters. The van der Waals surface area contributed by atoms with Crippen molar-refractivity contribution in [3.05, 3.63) is 255 Å². The van der Waals surface area contributed by atoms with Crippen molar-refractivity contribution in [1.29, 1.82) is 0 Å². The summed E-state index contributed by atoms with van der Waals surface area (Å²) < 4.78 is 7.14. The van der Waals surface area contributed by atoms with Crippen LogP contribution in [-0.2, 0) is 0 Å². The Morgan fingerprint density at radius 1 is 0.277 bits per heavy atom. The van der Waals surface area contributed by atoms with E-state index in [1.165, 1.54) is 21.9 Å². The van der Waals surface area contributed by atoms with Crippen molar-refractivity contribution >= 4 is 77.6 Å². The summed E-state index contributed by atoms with van der Waals surface area (Å²) in [6.07, 6.45) is 0. The van der Waals surface area contributed by atoms with Gasteiger partial charge in [0.15, 0.2) is 5.58 Å². The molecule has 0 bridgehead atoms. The fraction of sp³-hybridized carbons (Fsp3) is 0. The molecule has 0 saturated heterocycles. The van der Waals surface area contributed by atoms with E-state index in [4.69, 9.17) is 4.42 Å². The first-order chi connectivity index (χ1) is 32.2. The minimum absolute atomic E-state index is 0.816. The van der Waals surface area contributed by atoms with E-state index in [9.17, 15) is 0 Å². The Bertz CT molecular complexity index is 3640. The SMILES string of the molecule is c1ccc(-c2ccc(N(c3cc(N(c4ccc(-c5ccccc5)cc4)c4ccc5ccccc5c4)c4oc5ccc6ccccc6c5c4c3)c3ccccc3-c3ccccc3)cc2)cc1. The van der Waals surface area contributed by atoms with Crippen LogP contribution in [0.15, 0.2) is 259 Å². The molecule has 0 aliphatic carbocycles. The van der Waals surface area contributed by atoms with Gasteiger partial charge in [0.05, 0.1) is 11.4 Å². The lowest BCUT2D eigenvalue weighted by molar-refractivity contribution is 0.669. The maximum atomic E-state index is 7.14. The van der Waals surface area contributed by atoms with Gasteiger partial charge in [0, 0.05) is 39.1 Å². The van der Waals surface area contributed by atoms with Crippen molar-refractivity contribution in [3.8, 4) is 33.4 Å². The molecule has 1 heterocycles. The van der Waals surface area contributed by atoms with Crippen molar-refractivity contribution in [2.24, 2.45) is 0 Å². The molecule has 3 nitrogen and oxygen atoms in total. The Morgan fingerprint density at radius 2 is 0.769 bits per heavy atom. The molecule has 1 aromatic heterocycles. The van der Waals surface area contributed by atoms with Crippen LogP contribution in [0.3, 0.4) is 0 Å². The molecular weight excluding hydrogens is 789 g/mol. The van der Waals surface area contributed by atoms with Gasteiger partial charge in [-0.3, -0.25) is 0 Å². The largest absolute Gasteiger partial charge is 0.454 e. The number of fused-ring (bicyclic) bond motifs is 6. The highest BCUT2D eigenvalue weighted by atomic mass is 16.3. The maximum Gasteiger partial charge on any atom is 0.159 e. The molecule has 0 aliphatic heterocycles. The zero-order valence-corrected chi connectivity index (χ0v) is 35.6. The van der Waals surface area contributed by atoms with Crippen LogP contribution in [0.2, 0.25) is 0 Å². The van der Waals surface area contributed by atoms with Crippen molar-refractivity contribution < 1.29 is 4.42 Å². The highest BCUT2D eigenvalue weighted by molar-refractivity contribution is 6.22. The van der Waals surface area contributed by atoms with Crippen molar-refractivity contribution in [3.63, 3.8) is 0 Å². The molecule has 11 aromatic carbocycles. The fourth-order valence-corrected chi connectivity index (χ4v) is 9.48. The maximum absolute atomic E-state index is 7.14. The predicted octanol–water partition coefficient (Wildman–Crippen LogP) is 17.8. The Labute approximate surface area is 378 Å². The van der Waals surface area contributed by atoms with Crippen LogP contribution in [-0.4, -0.2) is 0 Å². The zero-order chi connectivity index (χ0) is 43.1. The van der Waals surface area contributed by atoms with Crippen LogP contribution in [0.4, 0.5) is 34.1 Å². The Hall–Kier alpha value is -8.66. The summed E-state index contributed by atoms with van der Waals surface area (Å²) in [6.45, 7) is 0. The smallest absolute Gasteiger partial charge is 0.159 e. The molecule has 0 radical (unpaired) electrons. The first kappa shape index (κ1) is 38.0. The van der Waals surface area contributed by atoms with Gasteiger partial charge in [0.1, 0.15) is 5.58 Å². The molecule has 0 amide bonds. The summed E-state index contributed by atoms with van der Waals surface area (Å²) in [6, 6.07) is 91.4. The number of rotatable bonds is 9. The molecular formula is C62H42N2O. The fourth-order valence-electron chi connectivity index (χ4n) is 9.48. The molecule has 3 heteroatoms. The monoisotopic (exact) mass is 830 g/mol. The standard InChI is InChI=1S/C62H42N2O/c1-4-16-43(17-5-1)46-28-34-51(35-29-46)63(53-38-32-45-20-10-11-24-50(45)40-53)59-42-54(41-57-61-56-26-13-12-23-49(56)33-39-60(61)65-62(57)59)64(52-36-30-47(31-37-52)44-18-6-2-7-19-44)58-27-15-14-25-55(58)48-21-8-3-9-22-48/h1-42H. The molecule has 0 aliphatic rings. The number of benzene rings is 11. The van der Waals surface area contributed by atoms with Gasteiger partial charge in [-0.15, -0.1) is 0 Å². The normalized spacial score (nSPS) is 11.4. The van der Waals surface area contributed by atoms with E-state index in [0.29, 0.717) is 0 Å². The molecule has 12 aromatic rings. The second kappa shape index (κ2) is 16.2. The average Bonchev–Trinajstić information content (AvgIpc) is 3.77. The van der Waals surface area contributed by atoms with Crippen LogP contribution < -0.4 is 9.80 Å². The summed E-state index contributed by atoms with van der Waals surface area (Å²) in [5.74, 6) is 0. The van der Waals surface area contributed by atoms with Crippen LogP contribution in [0, 0.1) is 0 Å². The third-order valence-electron chi connectivity index (χ3n) is 12.6. The summed E-state index contributed by atoms with van der Waals surface area (Å²) in [4.78, 5) is 4.79. The van der Waals surface area contributed by atoms with E-state index in [1.54, 1.807) is 0 Å². The minimum atomic E-state index is 0.816. The quantitative estimate of drug-likeness (QED) is 0.144. The highest BCUT2D eigenvalue weighted by Gasteiger charge is 2.26. The second-order valence-corrected chi connectivity index (χ2v) is 16.5. The first-order valence-electron chi connectivity index (χ1n) is 22.2. The first-order valence-corrected chi connectivity index (χ1v) is 22.2. The molecule has 0 spiro atoms. The number of nitrogens with zero attached hydrogens (tertiary/aromatic N) is 2. The van der Waals surface area contributed by atoms with Gasteiger partial charge in [-0.25, -0.2) is 0 Å². The summed E-state index contributed by atoms with van der Waals surface area (Å²) in [5, 5.41) is 6.80. The van der Waals surface area contributed by atoms with Gasteiger partial charge >= 0.3 is 0 Å². The molecule has 0 unspecified atom stereocenters. The Morgan fingerprint density at radius 3 is 1.43 bits per heavy atom. The highest BCUT2D eigenvalue weighted by Crippen LogP contribution is 2.50. The van der Waals surface area contributed by atoms with Crippen molar-refractivity contribution in [2.45, 2.75) is 0 Å². The second-order valence-electron chi connectivity index (χ2n) is 16.5. The van der Waals surface area contributed by atoms with E-state index >= 15 is 0 Å². The number of anilines is 6. The van der Waals surface area contributed by atoms with Gasteiger partial charge in [-0.2, -0.15) is 0 Å². The molecule has 0 N–H and O–H groups in total. The lowest BCUT2D eigenvalue weighted by atomic mass is 9.99. The van der Waals surface area contributed by atoms with Crippen LogP contribution >= 0.6 is 0 Å². The minimum Gasteiger partial charge on any atom is -0.454 e. The topological polar surface area (TPSA) is 19.6 Å². The van der Waals surface area contributed by atoms with E-state index in [2.05, 4.69) is 265 Å². The summed E-state index contributed by atoms with van der Waals surface area (Å²) >= 11 is 0. The van der Waals surface area contributed by atoms with E-state index in [-0.39, 0.29) is 0 Å². The third-order valence-corrected chi connectivity index (χ3v) is 12.6. The third kappa shape index (κ3) is 6.97. The lowest BCUT2D eigenvalue weighted by Crippen LogP contribution is -2.14. The molecule has 65 heavy (non-hydrogen) atoms. The van der Waals surface area contributed by atoms with Crippen molar-refractivity contribution in [2.75, 3.05) is 9.80 Å². The number of furan rings is 1. The van der Waals surface area contributed by atoms with Crippen molar-refractivity contribution in [1.82, 2.24) is 0 Å². The molecule has 0 fully saturated rings. The van der Waals surface area contributed by atoms with Crippen LogP contribution in [0.25, 0.3) is 76.9 Å². The Kier molecular flexibility index (Phi) is 9.50. The van der Waals surface area contributed by atoms with Gasteiger partial charge in [0.25, 0.3) is 0 Å². The summed E-state index contributed by atoms with van der Waals surface area (Å²) in [5.41, 5.74) is 14.7. The van der Waals surface area contributed by atoms with Gasteiger partial charge in [-0.1, -0.05) is 194 Å². The van der Waals surface area contributed by atoms with E-state index in [0.717, 1.165) is 89.1 Å².